The number of nitrogens with one attached hydrogen (secondary N) is 1. The van der Waals surface area contributed by atoms with Gasteiger partial charge < -0.3 is 10.2 Å². The standard InChI is InChI=1S/C11H12N2O2/c1-13(2)11(15)8-4-3-7-6-10(14)12-9(7)5-8/h3-5H,6H2,1-2H3,(H,12,14). The topological polar surface area (TPSA) is 49.4 Å². The number of fused-ring (bicyclic) bond motifs is 1. The fraction of sp³-hybridized carbons (Fsp3) is 0.273. The molecule has 0 saturated heterocycles. The molecule has 2 amide bonds. The molecule has 4 heteroatoms. The van der Waals surface area contributed by atoms with Gasteiger partial charge >= 0.3 is 0 Å². The van der Waals surface area contributed by atoms with Gasteiger partial charge in [-0.25, -0.2) is 0 Å². The highest BCUT2D eigenvalue weighted by Crippen LogP contribution is 2.24. The van der Waals surface area contributed by atoms with Crippen molar-refractivity contribution in [1.82, 2.24) is 4.90 Å². The lowest BCUT2D eigenvalue weighted by Crippen LogP contribution is -2.21. The minimum absolute atomic E-state index is 0.0144. The molecule has 1 N–H and O–H groups in total. The number of carbonyl (C=O) groups is 2. The molecule has 1 aliphatic heterocycles. The van der Waals surface area contributed by atoms with Gasteiger partial charge in [-0.15, -0.1) is 0 Å². The molecule has 1 aromatic rings. The van der Waals surface area contributed by atoms with Gasteiger partial charge in [0.25, 0.3) is 5.91 Å². The molecule has 1 aliphatic rings. The average Bonchev–Trinajstić information content (AvgIpc) is 2.55. The van der Waals surface area contributed by atoms with E-state index in [4.69, 9.17) is 0 Å². The van der Waals surface area contributed by atoms with E-state index in [0.29, 0.717) is 12.0 Å². The Morgan fingerprint density at radius 1 is 1.40 bits per heavy atom. The first-order chi connectivity index (χ1) is 7.08. The van der Waals surface area contributed by atoms with Crippen LogP contribution in [-0.2, 0) is 11.2 Å². The van der Waals surface area contributed by atoms with Crippen LogP contribution in [-0.4, -0.2) is 30.8 Å². The fourth-order valence-corrected chi connectivity index (χ4v) is 1.61. The lowest BCUT2D eigenvalue weighted by Gasteiger charge is -2.10. The van der Waals surface area contributed by atoms with Gasteiger partial charge in [-0.05, 0) is 17.7 Å². The summed E-state index contributed by atoms with van der Waals surface area (Å²) in [7, 11) is 3.41. The number of rotatable bonds is 1. The Morgan fingerprint density at radius 2 is 2.13 bits per heavy atom. The third-order valence-corrected chi connectivity index (χ3v) is 2.39. The Morgan fingerprint density at radius 3 is 2.80 bits per heavy atom. The van der Waals surface area contributed by atoms with Crippen LogP contribution in [0.3, 0.4) is 0 Å². The number of anilines is 1. The highest BCUT2D eigenvalue weighted by molar-refractivity contribution is 6.02. The number of amides is 2. The monoisotopic (exact) mass is 204 g/mol. The highest BCUT2D eigenvalue weighted by atomic mass is 16.2. The van der Waals surface area contributed by atoms with Crippen LogP contribution in [0.5, 0.6) is 0 Å². The van der Waals surface area contributed by atoms with E-state index in [1.165, 1.54) is 4.90 Å². The van der Waals surface area contributed by atoms with Gasteiger partial charge in [-0.1, -0.05) is 6.07 Å². The predicted molar refractivity (Wildman–Crippen MR) is 56.8 cm³/mol. The molecule has 0 spiro atoms. The van der Waals surface area contributed by atoms with Crippen LogP contribution in [0, 0.1) is 0 Å². The molecule has 1 aromatic carbocycles. The van der Waals surface area contributed by atoms with Crippen molar-refractivity contribution < 1.29 is 9.59 Å². The van der Waals surface area contributed by atoms with Crippen LogP contribution < -0.4 is 5.32 Å². The van der Waals surface area contributed by atoms with Crippen molar-refractivity contribution in [2.24, 2.45) is 0 Å². The van der Waals surface area contributed by atoms with Crippen molar-refractivity contribution in [3.63, 3.8) is 0 Å². The van der Waals surface area contributed by atoms with Crippen molar-refractivity contribution >= 4 is 17.5 Å². The van der Waals surface area contributed by atoms with E-state index in [-0.39, 0.29) is 11.8 Å². The molecule has 1 heterocycles. The molecule has 0 radical (unpaired) electrons. The van der Waals surface area contributed by atoms with Gasteiger partial charge in [0.1, 0.15) is 0 Å². The third-order valence-electron chi connectivity index (χ3n) is 2.39. The Kier molecular flexibility index (Phi) is 2.19. The smallest absolute Gasteiger partial charge is 0.253 e. The van der Waals surface area contributed by atoms with E-state index in [0.717, 1.165) is 11.3 Å². The molecular formula is C11H12N2O2. The summed E-state index contributed by atoms with van der Waals surface area (Å²) in [5.74, 6) is -0.0709. The van der Waals surface area contributed by atoms with Crippen LogP contribution in [0.2, 0.25) is 0 Å². The largest absolute Gasteiger partial charge is 0.345 e. The molecule has 78 valence electrons. The summed E-state index contributed by atoms with van der Waals surface area (Å²) < 4.78 is 0. The van der Waals surface area contributed by atoms with Crippen molar-refractivity contribution in [3.8, 4) is 0 Å². The summed E-state index contributed by atoms with van der Waals surface area (Å²) in [6.07, 6.45) is 0.409. The number of hydrogen-bond donors (Lipinski definition) is 1. The minimum Gasteiger partial charge on any atom is -0.345 e. The van der Waals surface area contributed by atoms with E-state index in [1.807, 2.05) is 6.07 Å². The number of carbonyl (C=O) groups excluding carboxylic acids is 2. The van der Waals surface area contributed by atoms with Crippen molar-refractivity contribution in [3.05, 3.63) is 29.3 Å². The van der Waals surface area contributed by atoms with Gasteiger partial charge in [-0.2, -0.15) is 0 Å². The first kappa shape index (κ1) is 9.71. The first-order valence-corrected chi connectivity index (χ1v) is 4.72. The van der Waals surface area contributed by atoms with E-state index in [9.17, 15) is 9.59 Å². The second-order valence-corrected chi connectivity index (χ2v) is 3.80. The Labute approximate surface area is 87.9 Å². The van der Waals surface area contributed by atoms with E-state index in [2.05, 4.69) is 5.32 Å². The Bertz CT molecular complexity index is 438. The summed E-state index contributed by atoms with van der Waals surface area (Å²) in [6, 6.07) is 5.30. The molecular weight excluding hydrogens is 192 g/mol. The zero-order valence-corrected chi connectivity index (χ0v) is 8.70. The van der Waals surface area contributed by atoms with Gasteiger partial charge in [0.15, 0.2) is 0 Å². The van der Waals surface area contributed by atoms with Crippen LogP contribution in [0.4, 0.5) is 5.69 Å². The summed E-state index contributed by atoms with van der Waals surface area (Å²) in [4.78, 5) is 24.3. The number of benzene rings is 1. The summed E-state index contributed by atoms with van der Waals surface area (Å²) in [5, 5.41) is 2.72. The molecule has 15 heavy (non-hydrogen) atoms. The number of hydrogen-bond acceptors (Lipinski definition) is 2. The van der Waals surface area contributed by atoms with Crippen molar-refractivity contribution in [2.75, 3.05) is 19.4 Å². The maximum atomic E-state index is 11.6. The molecule has 0 aliphatic carbocycles. The Balaban J connectivity index is 2.35. The molecule has 2 rings (SSSR count). The SMILES string of the molecule is CN(C)C(=O)c1ccc2c(c1)NC(=O)C2. The van der Waals surface area contributed by atoms with E-state index < -0.39 is 0 Å². The quantitative estimate of drug-likeness (QED) is 0.738. The lowest BCUT2D eigenvalue weighted by atomic mass is 10.1. The zero-order valence-electron chi connectivity index (χ0n) is 8.70. The maximum absolute atomic E-state index is 11.6. The van der Waals surface area contributed by atoms with Crippen molar-refractivity contribution in [1.29, 1.82) is 0 Å². The predicted octanol–water partition coefficient (Wildman–Crippen LogP) is 0.883. The Hall–Kier alpha value is -1.84. The molecule has 0 bridgehead atoms. The molecule has 0 fully saturated rings. The summed E-state index contributed by atoms with van der Waals surface area (Å²) >= 11 is 0. The second kappa shape index (κ2) is 3.38. The zero-order chi connectivity index (χ0) is 11.0. The van der Waals surface area contributed by atoms with Crippen LogP contribution in [0.25, 0.3) is 0 Å². The van der Waals surface area contributed by atoms with Crippen LogP contribution >= 0.6 is 0 Å². The maximum Gasteiger partial charge on any atom is 0.253 e. The second-order valence-electron chi connectivity index (χ2n) is 3.80. The van der Waals surface area contributed by atoms with Gasteiger partial charge in [0, 0.05) is 25.3 Å². The number of nitrogens with zero attached hydrogens (tertiary/aromatic N) is 1. The summed E-state index contributed by atoms with van der Waals surface area (Å²) in [6.45, 7) is 0. The lowest BCUT2D eigenvalue weighted by molar-refractivity contribution is -0.115. The molecule has 0 atom stereocenters. The molecule has 0 aromatic heterocycles. The minimum atomic E-state index is -0.0565. The van der Waals surface area contributed by atoms with Crippen LogP contribution in [0.1, 0.15) is 15.9 Å². The molecule has 0 unspecified atom stereocenters. The van der Waals surface area contributed by atoms with Gasteiger partial charge in [0.2, 0.25) is 5.91 Å². The van der Waals surface area contributed by atoms with Crippen LogP contribution in [0.15, 0.2) is 18.2 Å². The summed E-state index contributed by atoms with van der Waals surface area (Å²) in [5.41, 5.74) is 2.31. The van der Waals surface area contributed by atoms with Gasteiger partial charge in [0.05, 0.1) is 6.42 Å². The van der Waals surface area contributed by atoms with Gasteiger partial charge in [-0.3, -0.25) is 9.59 Å². The fourth-order valence-electron chi connectivity index (χ4n) is 1.61. The highest BCUT2D eigenvalue weighted by Gasteiger charge is 2.19. The van der Waals surface area contributed by atoms with Crippen molar-refractivity contribution in [2.45, 2.75) is 6.42 Å². The van der Waals surface area contributed by atoms with E-state index in [1.54, 1.807) is 26.2 Å². The molecule has 0 saturated carbocycles. The first-order valence-electron chi connectivity index (χ1n) is 4.72. The normalized spacial score (nSPS) is 13.3. The molecule has 4 nitrogen and oxygen atoms in total. The average molecular weight is 204 g/mol. The third kappa shape index (κ3) is 1.70. The van der Waals surface area contributed by atoms with E-state index >= 15 is 0 Å².